The minimum Gasteiger partial charge on any atom is -0.530 e. The highest BCUT2D eigenvalue weighted by Crippen LogP contribution is 2.49. The van der Waals surface area contributed by atoms with Crippen LogP contribution in [0.2, 0.25) is 0 Å². The van der Waals surface area contributed by atoms with Crippen molar-refractivity contribution in [3.8, 4) is 0 Å². The van der Waals surface area contributed by atoms with Crippen molar-refractivity contribution in [2.75, 3.05) is 18.0 Å². The molecule has 1 N–H and O–H groups in total. The number of carbonyl (C=O) groups excluding carboxylic acids is 1. The van der Waals surface area contributed by atoms with Gasteiger partial charge in [-0.15, -0.1) is 0 Å². The van der Waals surface area contributed by atoms with E-state index in [1.54, 1.807) is 0 Å². The van der Waals surface area contributed by atoms with Crippen molar-refractivity contribution in [2.45, 2.75) is 37.9 Å². The van der Waals surface area contributed by atoms with E-state index in [1.807, 2.05) is 4.90 Å². The van der Waals surface area contributed by atoms with Crippen LogP contribution in [0.1, 0.15) is 31.2 Å². The van der Waals surface area contributed by atoms with Gasteiger partial charge in [0.05, 0.1) is 5.56 Å². The predicted octanol–water partition coefficient (Wildman–Crippen LogP) is 1.78. The van der Waals surface area contributed by atoms with E-state index in [1.165, 1.54) is 6.07 Å². The highest BCUT2D eigenvalue weighted by Gasteiger charge is 2.45. The van der Waals surface area contributed by atoms with Gasteiger partial charge < -0.3 is 20.1 Å². The summed E-state index contributed by atoms with van der Waals surface area (Å²) in [6, 6.07) is 2.42. The Balaban J connectivity index is 1.55. The number of anilines is 1. The molecular weight excluding hydrogens is 311 g/mol. The number of nitrogens with zero attached hydrogens (tertiary/aromatic N) is 2. The zero-order valence-corrected chi connectivity index (χ0v) is 12.4. The average molecular weight is 328 g/mol. The molecule has 1 aromatic heterocycles. The Morgan fingerprint density at radius 2 is 1.96 bits per heavy atom. The summed E-state index contributed by atoms with van der Waals surface area (Å²) in [7, 11) is 0. The molecule has 1 aliphatic heterocycles. The third-order valence-electron chi connectivity index (χ3n) is 4.90. The number of halogens is 3. The fourth-order valence-corrected chi connectivity index (χ4v) is 3.61. The van der Waals surface area contributed by atoms with Gasteiger partial charge in [-0.05, 0) is 43.2 Å². The van der Waals surface area contributed by atoms with E-state index in [0.29, 0.717) is 5.82 Å². The second kappa shape index (κ2) is 5.58. The number of rotatable bonds is 2. The van der Waals surface area contributed by atoms with Crippen molar-refractivity contribution in [3.63, 3.8) is 0 Å². The summed E-state index contributed by atoms with van der Waals surface area (Å²) >= 11 is 0. The number of nitrogens with one attached hydrogen (secondary N) is 1. The maximum Gasteiger partial charge on any atom is 0.417 e. The molecule has 0 aromatic carbocycles. The summed E-state index contributed by atoms with van der Waals surface area (Å²) in [6.45, 7) is 1.44. The van der Waals surface area contributed by atoms with E-state index >= 15 is 0 Å². The fourth-order valence-electron chi connectivity index (χ4n) is 3.61. The summed E-state index contributed by atoms with van der Waals surface area (Å²) in [5.74, 6) is 0.552. The summed E-state index contributed by atoms with van der Waals surface area (Å²) in [5.41, 5.74) is -0.597. The molecule has 0 radical (unpaired) electrons. The number of alkyl halides is 3. The molecule has 126 valence electrons. The molecule has 1 aromatic rings. The van der Waals surface area contributed by atoms with Gasteiger partial charge in [-0.3, -0.25) is 0 Å². The minimum atomic E-state index is -4.37. The molecule has 2 aliphatic rings. The van der Waals surface area contributed by atoms with Gasteiger partial charge in [-0.1, -0.05) is 0 Å². The Labute approximate surface area is 131 Å². The number of hydrogen-bond donors (Lipinski definition) is 1. The Morgan fingerprint density at radius 1 is 1.30 bits per heavy atom. The van der Waals surface area contributed by atoms with Crippen LogP contribution in [0.5, 0.6) is 0 Å². The van der Waals surface area contributed by atoms with Crippen LogP contribution in [0, 0.1) is 5.41 Å². The van der Waals surface area contributed by atoms with Crippen LogP contribution >= 0.6 is 0 Å². The van der Waals surface area contributed by atoms with Crippen molar-refractivity contribution in [1.29, 1.82) is 0 Å². The molecule has 1 spiro atoms. The van der Waals surface area contributed by atoms with Crippen LogP contribution in [-0.2, 0) is 6.18 Å². The van der Waals surface area contributed by atoms with Gasteiger partial charge >= 0.3 is 6.18 Å². The van der Waals surface area contributed by atoms with E-state index < -0.39 is 17.8 Å². The number of pyridine rings is 1. The summed E-state index contributed by atoms with van der Waals surface area (Å²) in [5, 5.41) is 12.9. The van der Waals surface area contributed by atoms with Gasteiger partial charge in [-0.2, -0.15) is 13.2 Å². The SMILES string of the molecule is O=C([O-])NC1CC2(CCN(c3ccc(C(F)(F)F)cn3)CC2)C1. The first-order chi connectivity index (χ1) is 10.8. The summed E-state index contributed by atoms with van der Waals surface area (Å²) in [6.07, 6.45) is -1.36. The topological polar surface area (TPSA) is 68.3 Å². The standard InChI is InChI=1S/C15H18F3N3O2/c16-15(17,18)10-1-2-12(19-9-10)21-5-3-14(4-6-21)7-11(8-14)20-13(22)23/h1-2,9,11,20H,3-8H2,(H,22,23)/p-1. The summed E-state index contributed by atoms with van der Waals surface area (Å²) in [4.78, 5) is 16.4. The average Bonchev–Trinajstić information content (AvgIpc) is 2.45. The molecule has 0 bridgehead atoms. The number of piperidine rings is 1. The van der Waals surface area contributed by atoms with Gasteiger partial charge in [0.2, 0.25) is 0 Å². The molecule has 1 saturated heterocycles. The molecule has 1 aliphatic carbocycles. The highest BCUT2D eigenvalue weighted by atomic mass is 19.4. The van der Waals surface area contributed by atoms with Gasteiger partial charge in [0.15, 0.2) is 0 Å². The largest absolute Gasteiger partial charge is 0.530 e. The first-order valence-electron chi connectivity index (χ1n) is 7.53. The molecule has 2 heterocycles. The quantitative estimate of drug-likeness (QED) is 0.899. The second-order valence-corrected chi connectivity index (χ2v) is 6.43. The van der Waals surface area contributed by atoms with Crippen LogP contribution in [0.15, 0.2) is 18.3 Å². The monoisotopic (exact) mass is 328 g/mol. The lowest BCUT2D eigenvalue weighted by molar-refractivity contribution is -0.253. The van der Waals surface area contributed by atoms with Crippen LogP contribution in [0.25, 0.3) is 0 Å². The molecule has 1 saturated carbocycles. The van der Waals surface area contributed by atoms with Crippen molar-refractivity contribution < 1.29 is 23.1 Å². The molecule has 0 unspecified atom stereocenters. The van der Waals surface area contributed by atoms with E-state index in [9.17, 15) is 23.1 Å². The summed E-state index contributed by atoms with van der Waals surface area (Å²) < 4.78 is 37.6. The van der Waals surface area contributed by atoms with E-state index in [2.05, 4.69) is 10.3 Å². The maximum absolute atomic E-state index is 12.5. The van der Waals surface area contributed by atoms with Crippen LogP contribution in [0.4, 0.5) is 23.8 Å². The lowest BCUT2D eigenvalue weighted by Gasteiger charge is -2.52. The fraction of sp³-hybridized carbons (Fsp3) is 0.600. The van der Waals surface area contributed by atoms with Crippen molar-refractivity contribution in [1.82, 2.24) is 10.3 Å². The molecule has 3 rings (SSSR count). The predicted molar refractivity (Wildman–Crippen MR) is 74.7 cm³/mol. The Kier molecular flexibility index (Phi) is 3.85. The molecule has 23 heavy (non-hydrogen) atoms. The number of carboxylic acid groups (broad SMARTS) is 1. The molecule has 0 atom stereocenters. The lowest BCUT2D eigenvalue weighted by atomic mass is 9.60. The number of carbonyl (C=O) groups is 1. The maximum atomic E-state index is 12.5. The molecule has 1 amide bonds. The van der Waals surface area contributed by atoms with Crippen molar-refractivity contribution >= 4 is 11.9 Å². The molecule has 5 nitrogen and oxygen atoms in total. The van der Waals surface area contributed by atoms with Gasteiger partial charge in [0.25, 0.3) is 0 Å². The Hall–Kier alpha value is -1.99. The van der Waals surface area contributed by atoms with Crippen LogP contribution in [0.3, 0.4) is 0 Å². The van der Waals surface area contributed by atoms with E-state index in [4.69, 9.17) is 0 Å². The number of amides is 1. The first kappa shape index (κ1) is 15.9. The second-order valence-electron chi connectivity index (χ2n) is 6.43. The van der Waals surface area contributed by atoms with Gasteiger partial charge in [0.1, 0.15) is 11.9 Å². The van der Waals surface area contributed by atoms with Gasteiger partial charge in [-0.25, -0.2) is 4.98 Å². The van der Waals surface area contributed by atoms with Crippen LogP contribution < -0.4 is 15.3 Å². The van der Waals surface area contributed by atoms with Gasteiger partial charge in [0, 0.05) is 25.3 Å². The number of hydrogen-bond acceptors (Lipinski definition) is 4. The molecular formula is C15H17F3N3O2-. The smallest absolute Gasteiger partial charge is 0.417 e. The van der Waals surface area contributed by atoms with Crippen molar-refractivity contribution in [3.05, 3.63) is 23.9 Å². The normalized spacial score (nSPS) is 21.1. The lowest BCUT2D eigenvalue weighted by Crippen LogP contribution is -2.57. The zero-order chi connectivity index (χ0) is 16.7. The Morgan fingerprint density at radius 3 is 2.43 bits per heavy atom. The van der Waals surface area contributed by atoms with Crippen LogP contribution in [-0.4, -0.2) is 30.2 Å². The van der Waals surface area contributed by atoms with E-state index in [0.717, 1.165) is 51.0 Å². The molecule has 2 fully saturated rings. The highest BCUT2D eigenvalue weighted by molar-refractivity contribution is 5.62. The Bertz CT molecular complexity index is 573. The third kappa shape index (κ3) is 3.35. The van der Waals surface area contributed by atoms with Crippen molar-refractivity contribution in [2.24, 2.45) is 5.41 Å². The van der Waals surface area contributed by atoms with E-state index in [-0.39, 0.29) is 11.5 Å². The zero-order valence-electron chi connectivity index (χ0n) is 12.4. The first-order valence-corrected chi connectivity index (χ1v) is 7.53. The third-order valence-corrected chi connectivity index (χ3v) is 4.90. The molecule has 8 heteroatoms. The minimum absolute atomic E-state index is 0.0317. The number of aromatic nitrogens is 1.